The molecule has 0 bridgehead atoms. The maximum atomic E-state index is 13.8. The molecule has 8 nitrogen and oxygen atoms in total. The summed E-state index contributed by atoms with van der Waals surface area (Å²) < 4.78 is 11.4. The third-order valence-corrected chi connectivity index (χ3v) is 7.03. The first-order chi connectivity index (χ1) is 18.3. The summed E-state index contributed by atoms with van der Waals surface area (Å²) in [5.74, 6) is -1.09. The van der Waals surface area contributed by atoms with Gasteiger partial charge in [0.25, 0.3) is 5.91 Å². The van der Waals surface area contributed by atoms with Crippen LogP contribution in [0.4, 0.5) is 0 Å². The van der Waals surface area contributed by atoms with Crippen LogP contribution < -0.4 is 19.5 Å². The molecule has 2 aromatic carbocycles. The summed E-state index contributed by atoms with van der Waals surface area (Å²) in [5.41, 5.74) is 1.56. The Balaban J connectivity index is 2.09. The van der Waals surface area contributed by atoms with Gasteiger partial charge < -0.3 is 29.5 Å². The summed E-state index contributed by atoms with van der Waals surface area (Å²) in [6.07, 6.45) is 1.94. The molecule has 38 heavy (non-hydrogen) atoms. The molecule has 2 aromatic rings. The van der Waals surface area contributed by atoms with E-state index in [-0.39, 0.29) is 17.1 Å². The molecule has 0 radical (unpaired) electrons. The Hall–Kier alpha value is -3.52. The summed E-state index contributed by atoms with van der Waals surface area (Å²) >= 11 is 0. The highest BCUT2D eigenvalue weighted by Gasteiger charge is 2.44. The standard InChI is InChI=1S/C30H40N2O6/c1-6-10-17-38-24-14-12-22(18-20(24)5)28(34)26-27(21-11-13-23(33)25(19-21)37-9-4)32(30(36)29(26)35)16-15-31(7-2)8-3/h11-14,18-19,27,33-34H,6-10,15-17H2,1-5H3/b28-26+. The first-order valence-electron chi connectivity index (χ1n) is 13.6. The van der Waals surface area contributed by atoms with Crippen molar-refractivity contribution in [3.05, 3.63) is 58.7 Å². The lowest BCUT2D eigenvalue weighted by Gasteiger charge is -2.29. The maximum Gasteiger partial charge on any atom is 0.295 e. The number of aryl methyl sites for hydroxylation is 1. The van der Waals surface area contributed by atoms with Gasteiger partial charge in [-0.3, -0.25) is 9.59 Å². The first kappa shape index (κ1) is 29.0. The largest absolute Gasteiger partial charge is 0.872 e. The van der Waals surface area contributed by atoms with Crippen LogP contribution in [0.5, 0.6) is 17.2 Å². The molecular formula is C30H40N2O6. The molecule has 3 rings (SSSR count). The van der Waals surface area contributed by atoms with Gasteiger partial charge in [0.1, 0.15) is 5.75 Å². The minimum absolute atomic E-state index is 0.0486. The average molecular weight is 525 g/mol. The summed E-state index contributed by atoms with van der Waals surface area (Å²) in [6, 6.07) is 8.92. The van der Waals surface area contributed by atoms with Gasteiger partial charge in [0.15, 0.2) is 11.5 Å². The molecule has 0 aromatic heterocycles. The number of nitrogens with one attached hydrogen (secondary N) is 1. The molecule has 1 amide bonds. The number of ether oxygens (including phenoxy) is 2. The number of phenolic OH excluding ortho intramolecular Hbond substituents is 1. The molecule has 1 aliphatic heterocycles. The van der Waals surface area contributed by atoms with Gasteiger partial charge in [-0.25, -0.2) is 0 Å². The van der Waals surface area contributed by atoms with Gasteiger partial charge in [-0.05, 0) is 75.1 Å². The molecule has 0 spiro atoms. The van der Waals surface area contributed by atoms with Crippen LogP contribution in [0.25, 0.3) is 5.76 Å². The van der Waals surface area contributed by atoms with Gasteiger partial charge in [0.2, 0.25) is 5.78 Å². The third-order valence-electron chi connectivity index (χ3n) is 7.03. The monoisotopic (exact) mass is 524 g/mol. The molecule has 0 saturated carbocycles. The lowest BCUT2D eigenvalue weighted by molar-refractivity contribution is -0.895. The zero-order valence-electron chi connectivity index (χ0n) is 23.1. The number of likely N-dealkylation sites (tertiary alicyclic amines) is 1. The Morgan fingerprint density at radius 3 is 2.39 bits per heavy atom. The second-order valence-corrected chi connectivity index (χ2v) is 9.52. The van der Waals surface area contributed by atoms with E-state index < -0.39 is 23.5 Å². The van der Waals surface area contributed by atoms with Crippen molar-refractivity contribution in [2.24, 2.45) is 0 Å². The van der Waals surface area contributed by atoms with E-state index in [4.69, 9.17) is 9.47 Å². The Bertz CT molecular complexity index is 1170. The smallest absolute Gasteiger partial charge is 0.295 e. The van der Waals surface area contributed by atoms with Crippen LogP contribution in [0.3, 0.4) is 0 Å². The molecule has 0 aliphatic carbocycles. The number of hydrogen-bond donors (Lipinski definition) is 2. The van der Waals surface area contributed by atoms with E-state index >= 15 is 0 Å². The zero-order chi connectivity index (χ0) is 27.8. The number of rotatable bonds is 13. The van der Waals surface area contributed by atoms with Crippen molar-refractivity contribution in [2.75, 3.05) is 39.4 Å². The molecule has 1 heterocycles. The van der Waals surface area contributed by atoms with Crippen molar-refractivity contribution in [1.82, 2.24) is 4.90 Å². The van der Waals surface area contributed by atoms with Crippen molar-refractivity contribution in [3.63, 3.8) is 0 Å². The van der Waals surface area contributed by atoms with Crippen molar-refractivity contribution in [3.8, 4) is 17.2 Å². The van der Waals surface area contributed by atoms with E-state index in [2.05, 4.69) is 20.8 Å². The van der Waals surface area contributed by atoms with Gasteiger partial charge in [-0.1, -0.05) is 31.2 Å². The number of unbranched alkanes of at least 4 members (excludes halogenated alkanes) is 1. The molecule has 1 saturated heterocycles. The van der Waals surface area contributed by atoms with Crippen LogP contribution in [0.2, 0.25) is 0 Å². The van der Waals surface area contributed by atoms with Crippen LogP contribution in [0.1, 0.15) is 63.3 Å². The summed E-state index contributed by atoms with van der Waals surface area (Å²) in [5, 5.41) is 24.1. The van der Waals surface area contributed by atoms with Gasteiger partial charge in [0, 0.05) is 5.57 Å². The van der Waals surface area contributed by atoms with Crippen LogP contribution in [-0.4, -0.2) is 61.1 Å². The number of Topliss-reactive ketones (excluding diaryl/α,β-unsaturated/α-hetero) is 1. The molecular weight excluding hydrogens is 484 g/mol. The molecule has 1 atom stereocenters. The fraction of sp³-hybridized carbons (Fsp3) is 0.467. The van der Waals surface area contributed by atoms with E-state index in [9.17, 15) is 19.8 Å². The molecule has 1 fully saturated rings. The molecule has 2 N–H and O–H groups in total. The number of benzene rings is 2. The van der Waals surface area contributed by atoms with Crippen LogP contribution in [-0.2, 0) is 9.59 Å². The van der Waals surface area contributed by atoms with Crippen molar-refractivity contribution >= 4 is 17.4 Å². The number of hydrogen-bond acceptors (Lipinski definition) is 6. The number of phenols is 1. The van der Waals surface area contributed by atoms with E-state index in [1.165, 1.54) is 15.9 Å². The highest BCUT2D eigenvalue weighted by Crippen LogP contribution is 2.41. The lowest BCUT2D eigenvalue weighted by atomic mass is 9.94. The number of amides is 1. The molecule has 1 unspecified atom stereocenters. The second kappa shape index (κ2) is 13.3. The van der Waals surface area contributed by atoms with Gasteiger partial charge >= 0.3 is 0 Å². The van der Waals surface area contributed by atoms with E-state index in [0.717, 1.165) is 31.5 Å². The Morgan fingerprint density at radius 2 is 1.76 bits per heavy atom. The SMILES string of the molecule is CCCCOc1ccc(/C([O-])=C2\C(=O)C(=O)N(CC[NH+](CC)CC)C2c2ccc(O)c(OCC)c2)cc1C. The number of likely N-dealkylation sites (N-methyl/N-ethyl adjacent to an activating group) is 1. The number of nitrogens with zero attached hydrogens (tertiary/aromatic N) is 1. The van der Waals surface area contributed by atoms with Gasteiger partial charge in [-0.2, -0.15) is 0 Å². The highest BCUT2D eigenvalue weighted by atomic mass is 16.5. The van der Waals surface area contributed by atoms with E-state index in [0.29, 0.717) is 43.2 Å². The topological polar surface area (TPSA) is 104 Å². The fourth-order valence-corrected chi connectivity index (χ4v) is 4.74. The molecule has 8 heteroatoms. The van der Waals surface area contributed by atoms with Crippen LogP contribution in [0, 0.1) is 6.92 Å². The zero-order valence-corrected chi connectivity index (χ0v) is 23.1. The predicted octanol–water partition coefficient (Wildman–Crippen LogP) is 2.43. The van der Waals surface area contributed by atoms with Crippen molar-refractivity contribution < 1.29 is 34.2 Å². The van der Waals surface area contributed by atoms with Crippen molar-refractivity contribution in [2.45, 2.75) is 53.5 Å². The highest BCUT2D eigenvalue weighted by molar-refractivity contribution is 6.46. The number of carbonyl (C=O) groups excluding carboxylic acids is 2. The van der Waals surface area contributed by atoms with Gasteiger partial charge in [0.05, 0.1) is 45.4 Å². The van der Waals surface area contributed by atoms with Gasteiger partial charge in [-0.15, -0.1) is 0 Å². The normalized spacial score (nSPS) is 16.9. The maximum absolute atomic E-state index is 13.8. The minimum Gasteiger partial charge on any atom is -0.872 e. The second-order valence-electron chi connectivity index (χ2n) is 9.52. The summed E-state index contributed by atoms with van der Waals surface area (Å²) in [7, 11) is 0. The fourth-order valence-electron chi connectivity index (χ4n) is 4.74. The quantitative estimate of drug-likeness (QED) is 0.181. The Labute approximate surface area is 225 Å². The van der Waals surface area contributed by atoms with Crippen LogP contribution >= 0.6 is 0 Å². The van der Waals surface area contributed by atoms with E-state index in [1.807, 2.05) is 6.92 Å². The number of carbonyl (C=O) groups is 2. The predicted molar refractivity (Wildman–Crippen MR) is 144 cm³/mol. The lowest BCUT2D eigenvalue weighted by Crippen LogP contribution is -3.12. The summed E-state index contributed by atoms with van der Waals surface area (Å²) in [6.45, 7) is 13.5. The average Bonchev–Trinajstić information content (AvgIpc) is 3.16. The number of quaternary nitrogens is 1. The minimum atomic E-state index is -0.877. The van der Waals surface area contributed by atoms with Crippen LogP contribution in [0.15, 0.2) is 42.0 Å². The third kappa shape index (κ3) is 6.30. The van der Waals surface area contributed by atoms with Crippen molar-refractivity contribution in [1.29, 1.82) is 0 Å². The van der Waals surface area contributed by atoms with E-state index in [1.54, 1.807) is 37.3 Å². The Morgan fingerprint density at radius 1 is 1.03 bits per heavy atom. The first-order valence-corrected chi connectivity index (χ1v) is 13.6. The molecule has 1 aliphatic rings. The summed E-state index contributed by atoms with van der Waals surface area (Å²) in [4.78, 5) is 29.4. The number of aromatic hydroxyl groups is 1. The molecule has 206 valence electrons. The number of ketones is 1. The Kier molecular flexibility index (Phi) is 10.2.